The fraction of sp³-hybridized carbons (Fsp3) is 0.839. The predicted molar refractivity (Wildman–Crippen MR) is 139 cm³/mol. The van der Waals surface area contributed by atoms with E-state index in [9.17, 15) is 19.5 Å². The van der Waals surface area contributed by atoms with Gasteiger partial charge in [0.1, 0.15) is 6.10 Å². The van der Waals surface area contributed by atoms with E-state index in [-0.39, 0.29) is 52.5 Å². The van der Waals surface area contributed by atoms with E-state index in [2.05, 4.69) is 40.7 Å². The van der Waals surface area contributed by atoms with Gasteiger partial charge in [-0.1, -0.05) is 39.3 Å². The number of hydrogen-bond donors (Lipinski definition) is 1. The topological polar surface area (TPSA) is 89.9 Å². The van der Waals surface area contributed by atoms with Crippen molar-refractivity contribution >= 4 is 17.9 Å². The van der Waals surface area contributed by atoms with Gasteiger partial charge in [-0.2, -0.15) is 0 Å². The zero-order valence-corrected chi connectivity index (χ0v) is 24.0. The normalized spacial score (nSPS) is 48.6. The summed E-state index contributed by atoms with van der Waals surface area (Å²) in [6.07, 6.45) is 8.69. The Labute approximate surface area is 221 Å². The van der Waals surface area contributed by atoms with Gasteiger partial charge in [0.15, 0.2) is 0 Å². The summed E-state index contributed by atoms with van der Waals surface area (Å²) >= 11 is 0. The second-order valence-electron chi connectivity index (χ2n) is 15.0. The SMILES string of the molecule is COC(=O)C(C)(C)[C@@H]1CC[C@]2(C)[C@H](CC=C3[C@@H]4C[C@@]5(C)C[C@H](OC5=O)[C@]4(C)CC[C@]32C)[C@@]1(C)CC(=O)O. The Kier molecular flexibility index (Phi) is 5.67. The Bertz CT molecular complexity index is 1080. The molecule has 6 heteroatoms. The molecule has 0 aromatic rings. The number of rotatable bonds is 4. The van der Waals surface area contributed by atoms with Crippen LogP contribution in [0.5, 0.6) is 0 Å². The van der Waals surface area contributed by atoms with Crippen molar-refractivity contribution in [3.05, 3.63) is 11.6 Å². The molecule has 1 aliphatic heterocycles. The minimum Gasteiger partial charge on any atom is -0.481 e. The van der Waals surface area contributed by atoms with Crippen molar-refractivity contribution in [1.82, 2.24) is 0 Å². The zero-order valence-electron chi connectivity index (χ0n) is 24.0. The first-order valence-electron chi connectivity index (χ1n) is 14.2. The maximum Gasteiger partial charge on any atom is 0.312 e. The lowest BCUT2D eigenvalue weighted by Crippen LogP contribution is -2.63. The molecular formula is C31H46O6. The lowest BCUT2D eigenvalue weighted by Gasteiger charge is -2.69. The number of carboxylic acid groups (broad SMARTS) is 1. The van der Waals surface area contributed by atoms with Crippen LogP contribution in [0.3, 0.4) is 0 Å². The van der Waals surface area contributed by atoms with Crippen molar-refractivity contribution in [2.45, 2.75) is 106 Å². The molecular weight excluding hydrogens is 468 g/mol. The Balaban J connectivity index is 1.60. The number of methoxy groups -OCH3 is 1. The number of ether oxygens (including phenoxy) is 2. The fourth-order valence-electron chi connectivity index (χ4n) is 10.6. The summed E-state index contributed by atoms with van der Waals surface area (Å²) < 4.78 is 11.2. The molecule has 9 atom stereocenters. The smallest absolute Gasteiger partial charge is 0.312 e. The van der Waals surface area contributed by atoms with Gasteiger partial charge >= 0.3 is 17.9 Å². The molecule has 0 radical (unpaired) electrons. The van der Waals surface area contributed by atoms with E-state index >= 15 is 0 Å². The van der Waals surface area contributed by atoms with E-state index in [1.54, 1.807) is 0 Å². The number of carboxylic acids is 1. The van der Waals surface area contributed by atoms with Crippen LogP contribution >= 0.6 is 0 Å². The summed E-state index contributed by atoms with van der Waals surface area (Å²) in [6.45, 7) is 15.2. The fourth-order valence-corrected chi connectivity index (χ4v) is 10.6. The van der Waals surface area contributed by atoms with E-state index in [1.165, 1.54) is 12.7 Å². The van der Waals surface area contributed by atoms with Crippen LogP contribution in [0.4, 0.5) is 0 Å². The van der Waals surface area contributed by atoms with E-state index in [4.69, 9.17) is 9.47 Å². The minimum absolute atomic E-state index is 0.0198. The molecule has 2 bridgehead atoms. The Morgan fingerprint density at radius 1 is 1.11 bits per heavy atom. The molecule has 0 unspecified atom stereocenters. The maximum atomic E-state index is 12.9. The highest BCUT2D eigenvalue weighted by Gasteiger charge is 2.70. The molecule has 5 aliphatic rings. The third-order valence-electron chi connectivity index (χ3n) is 13.0. The molecule has 6 nitrogen and oxygen atoms in total. The Hall–Kier alpha value is -1.85. The number of hydrogen-bond acceptors (Lipinski definition) is 5. The minimum atomic E-state index is -0.805. The van der Waals surface area contributed by atoms with Crippen LogP contribution in [-0.2, 0) is 23.9 Å². The first-order chi connectivity index (χ1) is 17.0. The van der Waals surface area contributed by atoms with Gasteiger partial charge in [0.25, 0.3) is 0 Å². The monoisotopic (exact) mass is 514 g/mol. The van der Waals surface area contributed by atoms with E-state index < -0.39 is 22.2 Å². The quantitative estimate of drug-likeness (QED) is 0.356. The first kappa shape index (κ1) is 26.7. The van der Waals surface area contributed by atoms with Gasteiger partial charge in [-0.25, -0.2) is 0 Å². The number of carbonyl (C=O) groups is 3. The largest absolute Gasteiger partial charge is 0.481 e. The third-order valence-corrected chi connectivity index (χ3v) is 13.0. The van der Waals surface area contributed by atoms with Crippen LogP contribution in [0.15, 0.2) is 11.6 Å². The van der Waals surface area contributed by atoms with Crippen LogP contribution in [0.1, 0.15) is 99.8 Å². The van der Waals surface area contributed by atoms with Gasteiger partial charge in [-0.05, 0) is 93.3 Å². The van der Waals surface area contributed by atoms with Crippen molar-refractivity contribution in [2.24, 2.45) is 50.2 Å². The van der Waals surface area contributed by atoms with Gasteiger partial charge in [0, 0.05) is 11.8 Å². The third kappa shape index (κ3) is 3.25. The molecule has 37 heavy (non-hydrogen) atoms. The molecule has 0 amide bonds. The van der Waals surface area contributed by atoms with Gasteiger partial charge in [0.05, 0.1) is 24.4 Å². The molecule has 4 fully saturated rings. The molecule has 1 N–H and O–H groups in total. The van der Waals surface area contributed by atoms with Gasteiger partial charge in [-0.15, -0.1) is 0 Å². The standard InChI is InChI=1S/C31H46O6/c1-26(2,24(34)36-8)20-11-12-31(7)21(29(20,5)17-23(32)33)10-9-18-19-15-27(3)16-22(37-25(27)35)28(19,4)13-14-30(18,31)6/h9,19-22H,10-17H2,1-8H3,(H,32,33)/t19-,20-,21+,22-,27-,28+,29-,30+,31+/m0/s1. The first-order valence-corrected chi connectivity index (χ1v) is 14.2. The molecule has 0 spiro atoms. The zero-order chi connectivity index (χ0) is 27.4. The second kappa shape index (κ2) is 7.85. The maximum absolute atomic E-state index is 12.9. The summed E-state index contributed by atoms with van der Waals surface area (Å²) in [7, 11) is 1.42. The highest BCUT2D eigenvalue weighted by atomic mass is 16.6. The van der Waals surface area contributed by atoms with Crippen molar-refractivity contribution < 1.29 is 29.0 Å². The lowest BCUT2D eigenvalue weighted by atomic mass is 9.34. The molecule has 206 valence electrons. The summed E-state index contributed by atoms with van der Waals surface area (Å²) in [5.41, 5.74) is -0.494. The summed E-state index contributed by atoms with van der Waals surface area (Å²) in [4.78, 5) is 38.1. The van der Waals surface area contributed by atoms with Crippen LogP contribution in [0.25, 0.3) is 0 Å². The average molecular weight is 515 g/mol. The van der Waals surface area contributed by atoms with Crippen LogP contribution in [-0.4, -0.2) is 36.2 Å². The second-order valence-corrected chi connectivity index (χ2v) is 15.0. The van der Waals surface area contributed by atoms with Crippen LogP contribution in [0, 0.1) is 50.2 Å². The molecule has 1 heterocycles. The molecule has 0 aromatic heterocycles. The van der Waals surface area contributed by atoms with Crippen molar-refractivity contribution in [3.8, 4) is 0 Å². The van der Waals surface area contributed by atoms with Gasteiger partial charge < -0.3 is 14.6 Å². The van der Waals surface area contributed by atoms with E-state index in [0.29, 0.717) is 5.92 Å². The lowest BCUT2D eigenvalue weighted by molar-refractivity contribution is -0.190. The number of esters is 2. The molecule has 3 saturated carbocycles. The highest BCUT2D eigenvalue weighted by molar-refractivity contribution is 5.79. The van der Waals surface area contributed by atoms with Gasteiger partial charge in [-0.3, -0.25) is 14.4 Å². The Morgan fingerprint density at radius 3 is 2.41 bits per heavy atom. The van der Waals surface area contributed by atoms with Crippen molar-refractivity contribution in [2.75, 3.05) is 7.11 Å². The predicted octanol–water partition coefficient (Wildman–Crippen LogP) is 6.18. The summed E-state index contributed by atoms with van der Waals surface area (Å²) in [6, 6.07) is 0. The molecule has 5 rings (SSSR count). The van der Waals surface area contributed by atoms with Crippen molar-refractivity contribution in [3.63, 3.8) is 0 Å². The highest BCUT2D eigenvalue weighted by Crippen LogP contribution is 2.75. The number of allylic oxidation sites excluding steroid dienone is 2. The average Bonchev–Trinajstić information content (AvgIpc) is 3.06. The van der Waals surface area contributed by atoms with Crippen molar-refractivity contribution in [1.29, 1.82) is 0 Å². The van der Waals surface area contributed by atoms with E-state index in [1.807, 2.05) is 13.8 Å². The molecule has 0 aromatic carbocycles. The number of fused-ring (bicyclic) bond motifs is 8. The number of carbonyl (C=O) groups excluding carboxylic acids is 2. The van der Waals surface area contributed by atoms with E-state index in [0.717, 1.165) is 44.9 Å². The Morgan fingerprint density at radius 2 is 1.78 bits per heavy atom. The summed E-state index contributed by atoms with van der Waals surface area (Å²) in [5, 5.41) is 10.1. The van der Waals surface area contributed by atoms with Crippen LogP contribution < -0.4 is 0 Å². The van der Waals surface area contributed by atoms with Gasteiger partial charge in [0.2, 0.25) is 0 Å². The molecule has 4 aliphatic carbocycles. The van der Waals surface area contributed by atoms with Crippen LogP contribution in [0.2, 0.25) is 0 Å². The molecule has 1 saturated heterocycles. The summed E-state index contributed by atoms with van der Waals surface area (Å²) in [5.74, 6) is -0.764. The number of aliphatic carboxylic acids is 1.